The molecule has 1 aromatic rings. The van der Waals surface area contributed by atoms with Crippen molar-refractivity contribution >= 4 is 11.9 Å². The molecule has 2 fully saturated rings. The summed E-state index contributed by atoms with van der Waals surface area (Å²) < 4.78 is 5.20. The summed E-state index contributed by atoms with van der Waals surface area (Å²) in [6.45, 7) is 2.79. The third-order valence-corrected chi connectivity index (χ3v) is 4.93. The van der Waals surface area contributed by atoms with Gasteiger partial charge >= 0.3 is 0 Å². The Labute approximate surface area is 137 Å². The van der Waals surface area contributed by atoms with Gasteiger partial charge in [0.2, 0.25) is 5.91 Å². The molecule has 6 heteroatoms. The molecule has 1 aliphatic heterocycles. The van der Waals surface area contributed by atoms with Crippen molar-refractivity contribution in [2.24, 2.45) is 16.8 Å². The molecule has 3 rings (SSSR count). The van der Waals surface area contributed by atoms with Crippen LogP contribution in [0.15, 0.2) is 27.8 Å². The van der Waals surface area contributed by atoms with Gasteiger partial charge in [-0.2, -0.15) is 0 Å². The van der Waals surface area contributed by atoms with Crippen LogP contribution < -0.4 is 10.6 Å². The van der Waals surface area contributed by atoms with Crippen LogP contribution in [-0.4, -0.2) is 43.4 Å². The van der Waals surface area contributed by atoms with E-state index in [1.807, 2.05) is 12.1 Å². The van der Waals surface area contributed by atoms with Crippen molar-refractivity contribution in [2.45, 2.75) is 32.2 Å². The maximum Gasteiger partial charge on any atom is 0.239 e. The highest BCUT2D eigenvalue weighted by Crippen LogP contribution is 2.35. The molecule has 6 nitrogen and oxygen atoms in total. The van der Waals surface area contributed by atoms with Crippen molar-refractivity contribution in [3.05, 3.63) is 24.2 Å². The molecule has 2 atom stereocenters. The van der Waals surface area contributed by atoms with Crippen molar-refractivity contribution in [2.75, 3.05) is 26.7 Å². The lowest BCUT2D eigenvalue weighted by Crippen LogP contribution is -2.44. The summed E-state index contributed by atoms with van der Waals surface area (Å²) in [5, 5.41) is 6.02. The second kappa shape index (κ2) is 7.53. The van der Waals surface area contributed by atoms with Gasteiger partial charge in [0.1, 0.15) is 5.76 Å². The quantitative estimate of drug-likeness (QED) is 0.653. The first-order valence-corrected chi connectivity index (χ1v) is 8.51. The number of amides is 1. The molecule has 23 heavy (non-hydrogen) atoms. The SMILES string of the molecule is CN=C(NCC(=O)NCc1ccco1)N1CC2CCCCC2C1. The Morgan fingerprint density at radius 1 is 1.30 bits per heavy atom. The molecule has 0 radical (unpaired) electrons. The molecular weight excluding hydrogens is 292 g/mol. The van der Waals surface area contributed by atoms with Crippen LogP contribution >= 0.6 is 0 Å². The molecular formula is C17H26N4O2. The summed E-state index contributed by atoms with van der Waals surface area (Å²) in [5.74, 6) is 3.14. The minimum absolute atomic E-state index is 0.0563. The average Bonchev–Trinajstić information content (AvgIpc) is 3.22. The van der Waals surface area contributed by atoms with Gasteiger partial charge in [-0.15, -0.1) is 0 Å². The van der Waals surface area contributed by atoms with Gasteiger partial charge in [0.15, 0.2) is 5.96 Å². The van der Waals surface area contributed by atoms with Crippen molar-refractivity contribution < 1.29 is 9.21 Å². The topological polar surface area (TPSA) is 69.9 Å². The van der Waals surface area contributed by atoms with E-state index in [9.17, 15) is 4.79 Å². The standard InChI is InChI=1S/C17H26N4O2/c1-18-17(21-11-13-5-2-3-6-14(13)12-21)20-10-16(22)19-9-15-7-4-8-23-15/h4,7-8,13-14H,2-3,5-6,9-12H2,1H3,(H,18,20)(H,19,22). The summed E-state index contributed by atoms with van der Waals surface area (Å²) in [6, 6.07) is 3.66. The van der Waals surface area contributed by atoms with E-state index in [4.69, 9.17) is 4.42 Å². The zero-order valence-corrected chi connectivity index (χ0v) is 13.8. The molecule has 1 amide bonds. The minimum Gasteiger partial charge on any atom is -0.467 e. The van der Waals surface area contributed by atoms with Crippen LogP contribution in [0, 0.1) is 11.8 Å². The lowest BCUT2D eigenvalue weighted by molar-refractivity contribution is -0.120. The molecule has 126 valence electrons. The van der Waals surface area contributed by atoms with Crippen molar-refractivity contribution in [3.8, 4) is 0 Å². The summed E-state index contributed by atoms with van der Waals surface area (Å²) in [7, 11) is 1.78. The van der Waals surface area contributed by atoms with Gasteiger partial charge in [-0.25, -0.2) is 0 Å². The summed E-state index contributed by atoms with van der Waals surface area (Å²) in [4.78, 5) is 18.6. The van der Waals surface area contributed by atoms with E-state index in [1.165, 1.54) is 25.7 Å². The number of nitrogens with one attached hydrogen (secondary N) is 2. The molecule has 1 saturated heterocycles. The number of rotatable bonds is 4. The normalized spacial score (nSPS) is 24.4. The largest absolute Gasteiger partial charge is 0.467 e. The van der Waals surface area contributed by atoms with Gasteiger partial charge in [-0.1, -0.05) is 12.8 Å². The zero-order valence-electron chi connectivity index (χ0n) is 13.8. The van der Waals surface area contributed by atoms with Crippen LogP contribution in [0.2, 0.25) is 0 Å². The molecule has 2 aliphatic rings. The Morgan fingerprint density at radius 2 is 2.04 bits per heavy atom. The number of hydrogen-bond donors (Lipinski definition) is 2. The molecule has 1 saturated carbocycles. The number of aliphatic imine (C=N–C) groups is 1. The van der Waals surface area contributed by atoms with Gasteiger partial charge in [-0.05, 0) is 36.8 Å². The minimum atomic E-state index is -0.0563. The van der Waals surface area contributed by atoms with Gasteiger partial charge < -0.3 is 20.0 Å². The fourth-order valence-corrected chi connectivity index (χ4v) is 3.73. The third-order valence-electron chi connectivity index (χ3n) is 4.93. The lowest BCUT2D eigenvalue weighted by Gasteiger charge is -2.22. The number of carbonyl (C=O) groups is 1. The zero-order chi connectivity index (χ0) is 16.1. The summed E-state index contributed by atoms with van der Waals surface area (Å²) in [6.07, 6.45) is 6.99. The van der Waals surface area contributed by atoms with Crippen LogP contribution in [0.4, 0.5) is 0 Å². The van der Waals surface area contributed by atoms with E-state index in [2.05, 4.69) is 20.5 Å². The van der Waals surface area contributed by atoms with Gasteiger partial charge in [0.25, 0.3) is 0 Å². The predicted octanol–water partition coefficient (Wildman–Crippen LogP) is 1.59. The number of carbonyl (C=O) groups excluding carboxylic acids is 1. The maximum atomic E-state index is 11.9. The highest BCUT2D eigenvalue weighted by atomic mass is 16.3. The number of furan rings is 1. The van der Waals surface area contributed by atoms with Crippen LogP contribution in [0.3, 0.4) is 0 Å². The highest BCUT2D eigenvalue weighted by Gasteiger charge is 2.35. The fourth-order valence-electron chi connectivity index (χ4n) is 3.73. The first-order chi connectivity index (χ1) is 11.3. The van der Waals surface area contributed by atoms with E-state index in [0.29, 0.717) is 6.54 Å². The molecule has 1 aliphatic carbocycles. The molecule has 2 N–H and O–H groups in total. The van der Waals surface area contributed by atoms with Crippen LogP contribution in [0.25, 0.3) is 0 Å². The molecule has 2 unspecified atom stereocenters. The molecule has 2 heterocycles. The number of hydrogen-bond acceptors (Lipinski definition) is 3. The molecule has 0 bridgehead atoms. The molecule has 1 aromatic heterocycles. The van der Waals surface area contributed by atoms with E-state index in [0.717, 1.165) is 36.6 Å². The van der Waals surface area contributed by atoms with Crippen molar-refractivity contribution in [1.82, 2.24) is 15.5 Å². The van der Waals surface area contributed by atoms with Gasteiger partial charge in [0, 0.05) is 20.1 Å². The van der Waals surface area contributed by atoms with Crippen LogP contribution in [-0.2, 0) is 11.3 Å². The monoisotopic (exact) mass is 318 g/mol. The first-order valence-electron chi connectivity index (χ1n) is 8.51. The number of nitrogens with zero attached hydrogens (tertiary/aromatic N) is 2. The van der Waals surface area contributed by atoms with E-state index < -0.39 is 0 Å². The Morgan fingerprint density at radius 3 is 2.65 bits per heavy atom. The Hall–Kier alpha value is -1.98. The Kier molecular flexibility index (Phi) is 5.20. The van der Waals surface area contributed by atoms with Crippen LogP contribution in [0.1, 0.15) is 31.4 Å². The smallest absolute Gasteiger partial charge is 0.239 e. The Bertz CT molecular complexity index is 527. The average molecular weight is 318 g/mol. The van der Waals surface area contributed by atoms with Crippen molar-refractivity contribution in [1.29, 1.82) is 0 Å². The maximum absolute atomic E-state index is 11.9. The first kappa shape index (κ1) is 15.9. The van der Waals surface area contributed by atoms with E-state index in [1.54, 1.807) is 13.3 Å². The van der Waals surface area contributed by atoms with E-state index in [-0.39, 0.29) is 12.5 Å². The number of likely N-dealkylation sites (tertiary alicyclic amines) is 1. The number of fused-ring (bicyclic) bond motifs is 1. The summed E-state index contributed by atoms with van der Waals surface area (Å²) in [5.41, 5.74) is 0. The van der Waals surface area contributed by atoms with Gasteiger partial charge in [0.05, 0.1) is 19.4 Å². The molecule has 0 spiro atoms. The molecule has 0 aromatic carbocycles. The fraction of sp³-hybridized carbons (Fsp3) is 0.647. The third kappa shape index (κ3) is 4.06. The van der Waals surface area contributed by atoms with Crippen molar-refractivity contribution in [3.63, 3.8) is 0 Å². The summed E-state index contributed by atoms with van der Waals surface area (Å²) >= 11 is 0. The van der Waals surface area contributed by atoms with E-state index >= 15 is 0 Å². The second-order valence-corrected chi connectivity index (χ2v) is 6.47. The second-order valence-electron chi connectivity index (χ2n) is 6.47. The number of guanidine groups is 1. The van der Waals surface area contributed by atoms with Crippen LogP contribution in [0.5, 0.6) is 0 Å². The highest BCUT2D eigenvalue weighted by molar-refractivity contribution is 5.86. The van der Waals surface area contributed by atoms with Gasteiger partial charge in [-0.3, -0.25) is 9.79 Å². The lowest BCUT2D eigenvalue weighted by atomic mass is 9.82. The Balaban J connectivity index is 1.43. The predicted molar refractivity (Wildman–Crippen MR) is 88.9 cm³/mol.